The van der Waals surface area contributed by atoms with E-state index in [9.17, 15) is 4.79 Å². The van der Waals surface area contributed by atoms with Gasteiger partial charge in [0.25, 0.3) is 0 Å². The molecule has 0 spiro atoms. The summed E-state index contributed by atoms with van der Waals surface area (Å²) in [5.74, 6) is -0.324. The molecule has 0 aliphatic rings. The van der Waals surface area contributed by atoms with E-state index in [1.807, 2.05) is 19.3 Å². The average molecular weight is 165 g/mol. The molecule has 4 nitrogen and oxygen atoms in total. The molecule has 1 heterocycles. The first-order chi connectivity index (χ1) is 5.68. The second-order valence-electron chi connectivity index (χ2n) is 2.52. The third-order valence-corrected chi connectivity index (χ3v) is 1.35. The van der Waals surface area contributed by atoms with Crippen LogP contribution in [0.1, 0.15) is 12.0 Å². The zero-order valence-electron chi connectivity index (χ0n) is 6.90. The van der Waals surface area contributed by atoms with Crippen LogP contribution in [-0.2, 0) is 11.8 Å². The third kappa shape index (κ3) is 2.57. The summed E-state index contributed by atoms with van der Waals surface area (Å²) in [6.45, 7) is 0. The van der Waals surface area contributed by atoms with Gasteiger partial charge in [0, 0.05) is 25.2 Å². The summed E-state index contributed by atoms with van der Waals surface area (Å²) >= 11 is 0. The Balaban J connectivity index is 2.52. The van der Waals surface area contributed by atoms with E-state index in [0.717, 1.165) is 5.56 Å². The van der Waals surface area contributed by atoms with Crippen molar-refractivity contribution in [3.05, 3.63) is 24.0 Å². The minimum absolute atomic E-state index is 0.273. The highest BCUT2D eigenvalue weighted by Gasteiger charge is 1.90. The smallest absolute Gasteiger partial charge is 0.221 e. The van der Waals surface area contributed by atoms with Gasteiger partial charge in [0.05, 0.1) is 6.20 Å². The zero-order valence-corrected chi connectivity index (χ0v) is 6.90. The Morgan fingerprint density at radius 3 is 3.08 bits per heavy atom. The largest absolute Gasteiger partial charge is 0.369 e. The molecular formula is C8H11N3O. The molecule has 4 heteroatoms. The number of primary amides is 1. The number of carbonyl (C=O) groups is 1. The molecule has 0 aromatic carbocycles. The van der Waals surface area contributed by atoms with Crippen molar-refractivity contribution in [1.82, 2.24) is 9.78 Å². The van der Waals surface area contributed by atoms with Crippen LogP contribution in [-0.4, -0.2) is 15.7 Å². The zero-order chi connectivity index (χ0) is 8.97. The number of aryl methyl sites for hydroxylation is 1. The van der Waals surface area contributed by atoms with E-state index in [4.69, 9.17) is 5.73 Å². The molecule has 0 bridgehead atoms. The Morgan fingerprint density at radius 2 is 2.58 bits per heavy atom. The third-order valence-electron chi connectivity index (χ3n) is 1.35. The molecule has 0 unspecified atom stereocenters. The van der Waals surface area contributed by atoms with E-state index in [1.54, 1.807) is 17.0 Å². The highest BCUT2D eigenvalue weighted by Crippen LogP contribution is 1.99. The minimum atomic E-state index is -0.324. The van der Waals surface area contributed by atoms with Crippen LogP contribution < -0.4 is 5.73 Å². The van der Waals surface area contributed by atoms with Gasteiger partial charge in [-0.2, -0.15) is 5.10 Å². The second-order valence-corrected chi connectivity index (χ2v) is 2.52. The summed E-state index contributed by atoms with van der Waals surface area (Å²) < 4.78 is 1.70. The van der Waals surface area contributed by atoms with Gasteiger partial charge in [-0.3, -0.25) is 9.48 Å². The normalized spacial score (nSPS) is 10.8. The molecule has 0 saturated heterocycles. The highest BCUT2D eigenvalue weighted by molar-refractivity contribution is 5.76. The number of hydrogen-bond acceptors (Lipinski definition) is 2. The fourth-order valence-electron chi connectivity index (χ4n) is 0.837. The standard InChI is InChI=1S/C8H11N3O/c1-11-6-7(5-10-11)3-2-4-8(9)12/h2-3,5-6H,4H2,1H3,(H2,9,12). The SMILES string of the molecule is Cn1cc(C=CCC(N)=O)cn1. The molecule has 12 heavy (non-hydrogen) atoms. The number of nitrogens with two attached hydrogens (primary N) is 1. The van der Waals surface area contributed by atoms with Crippen LogP contribution in [0.3, 0.4) is 0 Å². The van der Waals surface area contributed by atoms with Gasteiger partial charge in [-0.05, 0) is 0 Å². The first kappa shape index (κ1) is 8.52. The predicted octanol–water partition coefficient (Wildman–Crippen LogP) is 0.309. The molecule has 0 saturated carbocycles. The molecule has 0 radical (unpaired) electrons. The quantitative estimate of drug-likeness (QED) is 0.700. The first-order valence-corrected chi connectivity index (χ1v) is 3.62. The van der Waals surface area contributed by atoms with Gasteiger partial charge in [-0.25, -0.2) is 0 Å². The van der Waals surface area contributed by atoms with E-state index >= 15 is 0 Å². The van der Waals surface area contributed by atoms with Crippen LogP contribution in [0.4, 0.5) is 0 Å². The lowest BCUT2D eigenvalue weighted by Gasteiger charge is -1.84. The maximum absolute atomic E-state index is 10.3. The molecule has 2 N–H and O–H groups in total. The van der Waals surface area contributed by atoms with Crippen LogP contribution in [0.25, 0.3) is 6.08 Å². The number of aromatic nitrogens is 2. The summed E-state index contributed by atoms with van der Waals surface area (Å²) in [4.78, 5) is 10.3. The molecule has 1 rings (SSSR count). The van der Waals surface area contributed by atoms with E-state index in [0.29, 0.717) is 0 Å². The van der Waals surface area contributed by atoms with Crippen molar-refractivity contribution in [2.45, 2.75) is 6.42 Å². The van der Waals surface area contributed by atoms with Gasteiger partial charge in [-0.15, -0.1) is 0 Å². The number of nitrogens with zero attached hydrogens (tertiary/aromatic N) is 2. The first-order valence-electron chi connectivity index (χ1n) is 3.62. The number of rotatable bonds is 3. The van der Waals surface area contributed by atoms with Gasteiger partial charge >= 0.3 is 0 Å². The summed E-state index contributed by atoms with van der Waals surface area (Å²) in [5, 5.41) is 3.96. The van der Waals surface area contributed by atoms with Crippen LogP contribution in [0.15, 0.2) is 18.5 Å². The van der Waals surface area contributed by atoms with Gasteiger partial charge in [-0.1, -0.05) is 12.2 Å². The predicted molar refractivity (Wildman–Crippen MR) is 46.1 cm³/mol. The summed E-state index contributed by atoms with van der Waals surface area (Å²) in [5.41, 5.74) is 5.92. The van der Waals surface area contributed by atoms with Crippen LogP contribution in [0.5, 0.6) is 0 Å². The summed E-state index contributed by atoms with van der Waals surface area (Å²) in [7, 11) is 1.84. The molecule has 0 fully saturated rings. The van der Waals surface area contributed by atoms with Crippen molar-refractivity contribution in [3.8, 4) is 0 Å². The fraction of sp³-hybridized carbons (Fsp3) is 0.250. The Morgan fingerprint density at radius 1 is 1.83 bits per heavy atom. The van der Waals surface area contributed by atoms with Crippen molar-refractivity contribution in [3.63, 3.8) is 0 Å². The van der Waals surface area contributed by atoms with Crippen molar-refractivity contribution >= 4 is 12.0 Å². The lowest BCUT2D eigenvalue weighted by atomic mass is 10.3. The van der Waals surface area contributed by atoms with Crippen molar-refractivity contribution in [1.29, 1.82) is 0 Å². The summed E-state index contributed by atoms with van der Waals surface area (Å²) in [6.07, 6.45) is 7.39. The minimum Gasteiger partial charge on any atom is -0.369 e. The number of amides is 1. The van der Waals surface area contributed by atoms with Gasteiger partial charge in [0.1, 0.15) is 0 Å². The molecule has 0 aliphatic heterocycles. The van der Waals surface area contributed by atoms with Crippen LogP contribution >= 0.6 is 0 Å². The fourth-order valence-corrected chi connectivity index (χ4v) is 0.837. The molecule has 1 aromatic heterocycles. The molecule has 1 amide bonds. The maximum atomic E-state index is 10.3. The lowest BCUT2D eigenvalue weighted by molar-refractivity contribution is -0.117. The number of carbonyl (C=O) groups excluding carboxylic acids is 1. The summed E-state index contributed by atoms with van der Waals surface area (Å²) in [6, 6.07) is 0. The van der Waals surface area contributed by atoms with Gasteiger partial charge in [0.15, 0.2) is 0 Å². The second kappa shape index (κ2) is 3.71. The highest BCUT2D eigenvalue weighted by atomic mass is 16.1. The van der Waals surface area contributed by atoms with Crippen molar-refractivity contribution in [2.75, 3.05) is 0 Å². The maximum Gasteiger partial charge on any atom is 0.221 e. The monoisotopic (exact) mass is 165 g/mol. The van der Waals surface area contributed by atoms with Crippen molar-refractivity contribution in [2.24, 2.45) is 12.8 Å². The Labute approximate surface area is 70.7 Å². The van der Waals surface area contributed by atoms with Gasteiger partial charge in [0.2, 0.25) is 5.91 Å². The molecule has 0 atom stereocenters. The lowest BCUT2D eigenvalue weighted by Crippen LogP contribution is -2.07. The number of hydrogen-bond donors (Lipinski definition) is 1. The topological polar surface area (TPSA) is 60.9 Å². The van der Waals surface area contributed by atoms with E-state index in [2.05, 4.69) is 5.10 Å². The molecule has 1 aromatic rings. The van der Waals surface area contributed by atoms with Crippen molar-refractivity contribution < 1.29 is 4.79 Å². The molecule has 64 valence electrons. The van der Waals surface area contributed by atoms with E-state index < -0.39 is 0 Å². The van der Waals surface area contributed by atoms with Gasteiger partial charge < -0.3 is 5.73 Å². The van der Waals surface area contributed by atoms with Crippen LogP contribution in [0, 0.1) is 0 Å². The Hall–Kier alpha value is -1.58. The Bertz CT molecular complexity index is 301. The Kier molecular flexibility index (Phi) is 2.63. The van der Waals surface area contributed by atoms with Crippen LogP contribution in [0.2, 0.25) is 0 Å². The molecule has 0 aliphatic carbocycles. The van der Waals surface area contributed by atoms with E-state index in [-0.39, 0.29) is 12.3 Å². The average Bonchev–Trinajstić information content (AvgIpc) is 2.35. The van der Waals surface area contributed by atoms with E-state index in [1.165, 1.54) is 0 Å². The molecular weight excluding hydrogens is 154 g/mol.